The fourth-order valence-corrected chi connectivity index (χ4v) is 4.84. The molecule has 0 unspecified atom stereocenters. The third-order valence-corrected chi connectivity index (χ3v) is 7.18. The first kappa shape index (κ1) is 22.7. The normalized spacial score (nSPS) is 23.3. The number of aromatic nitrogens is 1. The molecule has 8 nitrogen and oxygen atoms in total. The maximum absolute atomic E-state index is 15.3. The molecule has 1 aromatic heterocycles. The molecule has 2 aromatic rings. The topological polar surface area (TPSA) is 101 Å². The van der Waals surface area contributed by atoms with Crippen LogP contribution in [0.3, 0.4) is 0 Å². The highest BCUT2D eigenvalue weighted by atomic mass is 35.5. The summed E-state index contributed by atoms with van der Waals surface area (Å²) in [6.45, 7) is 1.06. The minimum absolute atomic E-state index is 0.0159. The maximum atomic E-state index is 15.3. The summed E-state index contributed by atoms with van der Waals surface area (Å²) in [5.41, 5.74) is 0.524. The van der Waals surface area contributed by atoms with Crippen LogP contribution >= 0.6 is 11.6 Å². The van der Waals surface area contributed by atoms with E-state index in [0.717, 1.165) is 0 Å². The van der Waals surface area contributed by atoms with Gasteiger partial charge in [0.2, 0.25) is 15.9 Å². The van der Waals surface area contributed by atoms with Gasteiger partial charge in [0, 0.05) is 0 Å². The van der Waals surface area contributed by atoms with Gasteiger partial charge in [-0.2, -0.15) is 0 Å². The van der Waals surface area contributed by atoms with Crippen LogP contribution in [0.15, 0.2) is 30.3 Å². The summed E-state index contributed by atoms with van der Waals surface area (Å²) in [4.78, 5) is 18.3. The lowest BCUT2D eigenvalue weighted by atomic mass is 9.99. The van der Waals surface area contributed by atoms with E-state index in [2.05, 4.69) is 15.0 Å². The zero-order chi connectivity index (χ0) is 23.0. The first-order chi connectivity index (χ1) is 15.2. The summed E-state index contributed by atoms with van der Waals surface area (Å²) in [7, 11) is -3.77. The molecule has 0 radical (unpaired) electrons. The van der Waals surface area contributed by atoms with Crippen LogP contribution in [0.25, 0.3) is 0 Å². The number of pyridine rings is 1. The van der Waals surface area contributed by atoms with Gasteiger partial charge >= 0.3 is 6.03 Å². The van der Waals surface area contributed by atoms with Crippen molar-refractivity contribution in [2.45, 2.75) is 38.1 Å². The number of alkyl halides is 1. The largest absolute Gasteiger partial charge is 0.434 e. The quantitative estimate of drug-likeness (QED) is 0.695. The van der Waals surface area contributed by atoms with Crippen LogP contribution in [0, 0.1) is 5.82 Å². The van der Waals surface area contributed by atoms with Crippen molar-refractivity contribution in [3.8, 4) is 11.6 Å². The molecule has 2 aliphatic heterocycles. The lowest BCUT2D eigenvalue weighted by Crippen LogP contribution is -2.51. The van der Waals surface area contributed by atoms with Gasteiger partial charge in [-0.3, -0.25) is 0 Å². The van der Waals surface area contributed by atoms with Crippen LogP contribution in [0.5, 0.6) is 11.6 Å². The lowest BCUT2D eigenvalue weighted by molar-refractivity contribution is 0.187. The molecule has 3 atom stereocenters. The van der Waals surface area contributed by atoms with Crippen molar-refractivity contribution >= 4 is 27.7 Å². The van der Waals surface area contributed by atoms with Crippen molar-refractivity contribution in [3.05, 3.63) is 52.4 Å². The van der Waals surface area contributed by atoms with Crippen molar-refractivity contribution in [1.29, 1.82) is 0 Å². The number of amides is 2. The van der Waals surface area contributed by atoms with Crippen LogP contribution in [-0.4, -0.2) is 54.9 Å². The van der Waals surface area contributed by atoms with E-state index >= 15 is 4.39 Å². The number of fused-ring (bicyclic) bond motifs is 5. The van der Waals surface area contributed by atoms with Gasteiger partial charge in [-0.25, -0.2) is 31.7 Å². The number of hydrogen-bond acceptors (Lipinski definition) is 5. The number of sulfonamides is 1. The first-order valence-electron chi connectivity index (χ1n) is 9.97. The van der Waals surface area contributed by atoms with E-state index in [0.29, 0.717) is 5.69 Å². The molecular weight excluding hydrogens is 466 g/mol. The van der Waals surface area contributed by atoms with Gasteiger partial charge in [-0.1, -0.05) is 23.7 Å². The number of urea groups is 1. The van der Waals surface area contributed by atoms with E-state index in [4.69, 9.17) is 16.3 Å². The Labute approximate surface area is 189 Å². The summed E-state index contributed by atoms with van der Waals surface area (Å²) >= 11 is 6.12. The molecule has 1 fully saturated rings. The Balaban J connectivity index is 1.78. The highest BCUT2D eigenvalue weighted by Crippen LogP contribution is 2.33. The molecule has 0 saturated carbocycles. The fraction of sp³-hybridized carbons (Fsp3) is 0.400. The Morgan fingerprint density at radius 2 is 2.12 bits per heavy atom. The Morgan fingerprint density at radius 1 is 1.34 bits per heavy atom. The predicted molar refractivity (Wildman–Crippen MR) is 113 cm³/mol. The molecule has 4 bridgehead atoms. The Morgan fingerprint density at radius 3 is 2.88 bits per heavy atom. The van der Waals surface area contributed by atoms with E-state index in [9.17, 15) is 17.6 Å². The molecular formula is C20H21ClF2N4O4S. The monoisotopic (exact) mass is 486 g/mol. The summed E-state index contributed by atoms with van der Waals surface area (Å²) < 4.78 is 62.4. The van der Waals surface area contributed by atoms with Crippen molar-refractivity contribution in [2.75, 3.05) is 12.3 Å². The van der Waals surface area contributed by atoms with Gasteiger partial charge in [0.1, 0.15) is 11.2 Å². The summed E-state index contributed by atoms with van der Waals surface area (Å²) in [5, 5.41) is 2.81. The number of nitrogens with zero attached hydrogens (tertiary/aromatic N) is 2. The number of carbonyl (C=O) groups is 1. The van der Waals surface area contributed by atoms with Crippen LogP contribution in [0.1, 0.15) is 18.2 Å². The van der Waals surface area contributed by atoms with Gasteiger partial charge in [-0.05, 0) is 37.1 Å². The Kier molecular flexibility index (Phi) is 6.24. The molecule has 0 spiro atoms. The van der Waals surface area contributed by atoms with E-state index in [-0.39, 0.29) is 47.5 Å². The van der Waals surface area contributed by atoms with Crippen molar-refractivity contribution in [1.82, 2.24) is 19.9 Å². The smallest absolute Gasteiger partial charge is 0.318 e. The average Bonchev–Trinajstić information content (AvgIpc) is 3.05. The highest BCUT2D eigenvalue weighted by molar-refractivity contribution is 7.89. The molecule has 32 heavy (non-hydrogen) atoms. The highest BCUT2D eigenvalue weighted by Gasteiger charge is 2.46. The molecule has 4 rings (SSSR count). The number of nitrogens with one attached hydrogen (secondary N) is 2. The van der Waals surface area contributed by atoms with Gasteiger partial charge in [0.15, 0.2) is 11.6 Å². The minimum Gasteiger partial charge on any atom is -0.434 e. The molecule has 3 heterocycles. The van der Waals surface area contributed by atoms with E-state index in [1.54, 1.807) is 12.1 Å². The zero-order valence-corrected chi connectivity index (χ0v) is 18.6. The van der Waals surface area contributed by atoms with Crippen LogP contribution in [0.2, 0.25) is 5.02 Å². The van der Waals surface area contributed by atoms with Gasteiger partial charge in [-0.15, -0.1) is 0 Å². The summed E-state index contributed by atoms with van der Waals surface area (Å²) in [6.07, 6.45) is -1.80. The third-order valence-electron chi connectivity index (χ3n) is 5.50. The molecule has 1 saturated heterocycles. The minimum atomic E-state index is -3.77. The SMILES string of the molecule is CCS(=O)(=O)N[C@H]1[C@@H](F)CN2C(=O)NCc3ccc(Cl)c(n3)Oc3cccc(c3F)C[C@@H]12. The second kappa shape index (κ2) is 8.80. The Hall–Kier alpha value is -2.50. The summed E-state index contributed by atoms with van der Waals surface area (Å²) in [6, 6.07) is 4.69. The van der Waals surface area contributed by atoms with Crippen LogP contribution in [0.4, 0.5) is 13.6 Å². The van der Waals surface area contributed by atoms with Gasteiger partial charge in [0.05, 0.1) is 36.6 Å². The number of carbonyl (C=O) groups excluding carboxylic acids is 1. The van der Waals surface area contributed by atoms with Crippen molar-refractivity contribution < 1.29 is 26.7 Å². The zero-order valence-electron chi connectivity index (χ0n) is 17.0. The second-order valence-electron chi connectivity index (χ2n) is 7.57. The fourth-order valence-electron chi connectivity index (χ4n) is 3.81. The maximum Gasteiger partial charge on any atom is 0.318 e. The molecule has 12 heteroatoms. The number of hydrogen-bond donors (Lipinski definition) is 2. The molecule has 2 N–H and O–H groups in total. The lowest BCUT2D eigenvalue weighted by Gasteiger charge is -2.28. The standard InChI is InChI=1S/C20H21ClF2N4O4S/c1-2-32(29,30)26-18-14(22)10-27-15(18)8-11-4-3-5-16(17(11)23)31-19-13(21)7-6-12(25-19)9-24-20(27)28/h3-7,14-15,18,26H,2,8-10H2,1H3,(H,24,28)/t14-,15-,18-/m0/s1. The Bertz CT molecular complexity index is 1150. The predicted octanol–water partition coefficient (Wildman–Crippen LogP) is 2.76. The van der Waals surface area contributed by atoms with Crippen molar-refractivity contribution in [2.24, 2.45) is 0 Å². The average molecular weight is 487 g/mol. The first-order valence-corrected chi connectivity index (χ1v) is 12.0. The van der Waals surface area contributed by atoms with E-state index < -0.39 is 40.1 Å². The number of benzene rings is 1. The number of halogens is 3. The van der Waals surface area contributed by atoms with Crippen molar-refractivity contribution in [3.63, 3.8) is 0 Å². The molecule has 0 aliphatic carbocycles. The molecule has 172 valence electrons. The summed E-state index contributed by atoms with van der Waals surface area (Å²) in [5.74, 6) is -1.14. The van der Waals surface area contributed by atoms with E-state index in [1.807, 2.05) is 0 Å². The van der Waals surface area contributed by atoms with Crippen LogP contribution < -0.4 is 14.8 Å². The number of rotatable bonds is 3. The molecule has 2 amide bonds. The molecule has 1 aromatic carbocycles. The van der Waals surface area contributed by atoms with E-state index in [1.165, 1.54) is 30.0 Å². The molecule has 2 aliphatic rings. The van der Waals surface area contributed by atoms with Gasteiger partial charge < -0.3 is 15.0 Å². The number of ether oxygens (including phenoxy) is 1. The van der Waals surface area contributed by atoms with Gasteiger partial charge in [0.25, 0.3) is 0 Å². The van der Waals surface area contributed by atoms with Crippen LogP contribution in [-0.2, 0) is 23.0 Å². The second-order valence-corrected chi connectivity index (χ2v) is 10.0. The third kappa shape index (κ3) is 4.50.